The molecule has 1 N–H and O–H groups in total. The zero-order valence-electron chi connectivity index (χ0n) is 11.3. The number of carbonyl (C=O) groups excluding carboxylic acids is 1. The zero-order chi connectivity index (χ0) is 15.0. The molecular formula is C16H13BrClNOS. The number of hydrogen-bond acceptors (Lipinski definition) is 2. The molecule has 0 bridgehead atoms. The lowest BCUT2D eigenvalue weighted by Gasteiger charge is -2.11. The second-order valence-electron chi connectivity index (χ2n) is 5.04. The second kappa shape index (κ2) is 6.03. The third kappa shape index (κ3) is 3.28. The van der Waals surface area contributed by atoms with Crippen molar-refractivity contribution in [3.05, 3.63) is 57.0 Å². The van der Waals surface area contributed by atoms with Crippen LogP contribution in [0.1, 0.15) is 11.1 Å². The molecule has 1 aliphatic heterocycles. The number of nitrogens with one attached hydrogen (secondary N) is 1. The van der Waals surface area contributed by atoms with E-state index in [0.29, 0.717) is 10.7 Å². The van der Waals surface area contributed by atoms with Gasteiger partial charge < -0.3 is 5.32 Å². The third-order valence-electron chi connectivity index (χ3n) is 3.38. The van der Waals surface area contributed by atoms with Crippen molar-refractivity contribution in [1.29, 1.82) is 0 Å². The van der Waals surface area contributed by atoms with Crippen molar-refractivity contribution in [2.75, 3.05) is 5.32 Å². The van der Waals surface area contributed by atoms with Crippen molar-refractivity contribution < 1.29 is 4.79 Å². The molecule has 1 heterocycles. The van der Waals surface area contributed by atoms with Gasteiger partial charge in [-0.2, -0.15) is 0 Å². The maximum absolute atomic E-state index is 12.4. The Bertz CT molecular complexity index is 719. The minimum absolute atomic E-state index is 0.00178. The van der Waals surface area contributed by atoms with Crippen molar-refractivity contribution in [2.24, 2.45) is 0 Å². The van der Waals surface area contributed by atoms with Crippen molar-refractivity contribution >= 4 is 50.9 Å². The smallest absolute Gasteiger partial charge is 0.238 e. The highest BCUT2D eigenvalue weighted by molar-refractivity contribution is 9.10. The molecule has 0 fully saturated rings. The maximum Gasteiger partial charge on any atom is 0.238 e. The van der Waals surface area contributed by atoms with Gasteiger partial charge >= 0.3 is 0 Å². The first kappa shape index (κ1) is 14.9. The average molecular weight is 383 g/mol. The van der Waals surface area contributed by atoms with Crippen LogP contribution < -0.4 is 5.32 Å². The summed E-state index contributed by atoms with van der Waals surface area (Å²) in [6.45, 7) is 2.07. The SMILES string of the molecule is Cc1ccc2c(c1)S[C@H](C(=O)Nc1ccc(Br)cc1Cl)C2. The van der Waals surface area contributed by atoms with E-state index < -0.39 is 0 Å². The van der Waals surface area contributed by atoms with Crippen molar-refractivity contribution in [1.82, 2.24) is 0 Å². The molecule has 0 aliphatic carbocycles. The van der Waals surface area contributed by atoms with Gasteiger partial charge in [-0.15, -0.1) is 11.8 Å². The Balaban J connectivity index is 1.73. The molecule has 1 amide bonds. The molecule has 1 aliphatic rings. The van der Waals surface area contributed by atoms with Crippen LogP contribution in [-0.2, 0) is 11.2 Å². The Hall–Kier alpha value is -0.970. The quantitative estimate of drug-likeness (QED) is 0.786. The number of fused-ring (bicyclic) bond motifs is 1. The molecular weight excluding hydrogens is 370 g/mol. The van der Waals surface area contributed by atoms with E-state index >= 15 is 0 Å². The molecule has 2 nitrogen and oxygen atoms in total. The molecule has 21 heavy (non-hydrogen) atoms. The summed E-state index contributed by atoms with van der Waals surface area (Å²) in [5.41, 5.74) is 3.11. The van der Waals surface area contributed by atoms with Crippen LogP contribution in [0.3, 0.4) is 0 Å². The topological polar surface area (TPSA) is 29.1 Å². The van der Waals surface area contributed by atoms with Gasteiger partial charge in [0.15, 0.2) is 0 Å². The molecule has 0 unspecified atom stereocenters. The number of carbonyl (C=O) groups is 1. The Morgan fingerprint density at radius 2 is 2.14 bits per heavy atom. The lowest BCUT2D eigenvalue weighted by atomic mass is 10.1. The Morgan fingerprint density at radius 3 is 2.90 bits per heavy atom. The fraction of sp³-hybridized carbons (Fsp3) is 0.188. The number of anilines is 1. The van der Waals surface area contributed by atoms with Crippen LogP contribution in [0.15, 0.2) is 45.8 Å². The molecule has 108 valence electrons. The number of benzene rings is 2. The standard InChI is InChI=1S/C16H13BrClNOS/c1-9-2-3-10-7-15(21-14(10)6-9)16(20)19-13-5-4-11(17)8-12(13)18/h2-6,8,15H,7H2,1H3,(H,19,20)/t15-/m0/s1. The highest BCUT2D eigenvalue weighted by Crippen LogP contribution is 2.38. The van der Waals surface area contributed by atoms with Gasteiger partial charge in [-0.25, -0.2) is 0 Å². The third-order valence-corrected chi connectivity index (χ3v) is 5.48. The van der Waals surface area contributed by atoms with Crippen LogP contribution in [0.2, 0.25) is 5.02 Å². The predicted molar refractivity (Wildman–Crippen MR) is 92.3 cm³/mol. The molecule has 5 heteroatoms. The van der Waals surface area contributed by atoms with Crippen LogP contribution in [0.5, 0.6) is 0 Å². The van der Waals surface area contributed by atoms with Crippen LogP contribution in [0.25, 0.3) is 0 Å². The van der Waals surface area contributed by atoms with E-state index in [-0.39, 0.29) is 11.2 Å². The molecule has 0 saturated carbocycles. The largest absolute Gasteiger partial charge is 0.324 e. The Morgan fingerprint density at radius 1 is 1.33 bits per heavy atom. The lowest BCUT2D eigenvalue weighted by Crippen LogP contribution is -2.24. The van der Waals surface area contributed by atoms with E-state index in [1.54, 1.807) is 23.9 Å². The van der Waals surface area contributed by atoms with Gasteiger partial charge in [-0.1, -0.05) is 45.2 Å². The van der Waals surface area contributed by atoms with E-state index in [4.69, 9.17) is 11.6 Å². The summed E-state index contributed by atoms with van der Waals surface area (Å²) in [5, 5.41) is 3.36. The zero-order valence-corrected chi connectivity index (χ0v) is 14.5. The molecule has 0 radical (unpaired) electrons. The summed E-state index contributed by atoms with van der Waals surface area (Å²) in [6.07, 6.45) is 0.764. The first-order valence-electron chi connectivity index (χ1n) is 6.55. The summed E-state index contributed by atoms with van der Waals surface area (Å²) >= 11 is 11.1. The predicted octanol–water partition coefficient (Wildman–Crippen LogP) is 5.07. The highest BCUT2D eigenvalue weighted by atomic mass is 79.9. The van der Waals surface area contributed by atoms with Crippen molar-refractivity contribution in [3.63, 3.8) is 0 Å². The second-order valence-corrected chi connectivity index (χ2v) is 7.60. The van der Waals surface area contributed by atoms with Gasteiger partial charge in [0.2, 0.25) is 5.91 Å². The van der Waals surface area contributed by atoms with Crippen molar-refractivity contribution in [3.8, 4) is 0 Å². The summed E-state index contributed by atoms with van der Waals surface area (Å²) in [5.74, 6) is -0.00178. The van der Waals surface area contributed by atoms with Gasteiger partial charge in [0.05, 0.1) is 16.0 Å². The van der Waals surface area contributed by atoms with Gasteiger partial charge in [0.1, 0.15) is 0 Å². The van der Waals surface area contributed by atoms with Crippen LogP contribution in [0, 0.1) is 6.92 Å². The molecule has 0 spiro atoms. The van der Waals surface area contributed by atoms with E-state index in [0.717, 1.165) is 10.9 Å². The highest BCUT2D eigenvalue weighted by Gasteiger charge is 2.28. The molecule has 1 atom stereocenters. The van der Waals surface area contributed by atoms with E-state index in [1.165, 1.54) is 16.0 Å². The Labute approximate surface area is 141 Å². The number of halogens is 2. The number of hydrogen-bond donors (Lipinski definition) is 1. The number of thioether (sulfide) groups is 1. The van der Waals surface area contributed by atoms with Gasteiger partial charge in [0, 0.05) is 9.37 Å². The van der Waals surface area contributed by atoms with Crippen LogP contribution >= 0.6 is 39.3 Å². The Kier molecular flexibility index (Phi) is 4.29. The molecule has 2 aromatic carbocycles. The molecule has 3 rings (SSSR count). The average Bonchev–Trinajstić information content (AvgIpc) is 2.85. The molecule has 2 aromatic rings. The van der Waals surface area contributed by atoms with E-state index in [9.17, 15) is 4.79 Å². The van der Waals surface area contributed by atoms with Gasteiger partial charge in [0.25, 0.3) is 0 Å². The monoisotopic (exact) mass is 381 g/mol. The summed E-state index contributed by atoms with van der Waals surface area (Å²) in [6, 6.07) is 11.8. The van der Waals surface area contributed by atoms with Crippen LogP contribution in [-0.4, -0.2) is 11.2 Å². The normalized spacial score (nSPS) is 16.6. The minimum atomic E-state index is -0.0958. The van der Waals surface area contributed by atoms with Gasteiger partial charge in [-0.3, -0.25) is 4.79 Å². The first-order chi connectivity index (χ1) is 10.0. The molecule has 0 saturated heterocycles. The fourth-order valence-electron chi connectivity index (χ4n) is 2.29. The van der Waals surface area contributed by atoms with E-state index in [1.807, 2.05) is 6.07 Å². The summed E-state index contributed by atoms with van der Waals surface area (Å²) < 4.78 is 0.892. The summed E-state index contributed by atoms with van der Waals surface area (Å²) in [7, 11) is 0. The lowest BCUT2D eigenvalue weighted by molar-refractivity contribution is -0.115. The maximum atomic E-state index is 12.4. The van der Waals surface area contributed by atoms with Crippen molar-refractivity contribution in [2.45, 2.75) is 23.5 Å². The minimum Gasteiger partial charge on any atom is -0.324 e. The van der Waals surface area contributed by atoms with E-state index in [2.05, 4.69) is 46.4 Å². The fourth-order valence-corrected chi connectivity index (χ4v) is 4.30. The number of amides is 1. The number of rotatable bonds is 2. The summed E-state index contributed by atoms with van der Waals surface area (Å²) in [4.78, 5) is 13.6. The van der Waals surface area contributed by atoms with Crippen LogP contribution in [0.4, 0.5) is 5.69 Å². The van der Waals surface area contributed by atoms with Gasteiger partial charge in [-0.05, 0) is 43.2 Å². The number of aryl methyl sites for hydroxylation is 1. The molecule has 0 aromatic heterocycles. The first-order valence-corrected chi connectivity index (χ1v) is 8.60.